The number of benzene rings is 1. The van der Waals surface area contributed by atoms with E-state index in [0.29, 0.717) is 6.42 Å². The van der Waals surface area contributed by atoms with Gasteiger partial charge in [-0.1, -0.05) is 6.42 Å². The summed E-state index contributed by atoms with van der Waals surface area (Å²) in [6, 6.07) is 1.33. The number of halogens is 1. The molecule has 0 radical (unpaired) electrons. The Kier molecular flexibility index (Phi) is 4.09. The number of aliphatic carboxylic acids is 1. The van der Waals surface area contributed by atoms with Crippen molar-refractivity contribution in [3.05, 3.63) is 33.6 Å². The fourth-order valence-electron chi connectivity index (χ4n) is 4.00. The molecule has 1 aliphatic carbocycles. The molecule has 9 heteroatoms. The Balaban J connectivity index is 1.82. The first-order chi connectivity index (χ1) is 11.8. The number of likely N-dealkylation sites (tertiary alicyclic amines) is 1. The largest absolute Gasteiger partial charge is 0.481 e. The van der Waals surface area contributed by atoms with E-state index in [2.05, 4.69) is 5.32 Å². The maximum atomic E-state index is 14.0. The average Bonchev–Trinajstić information content (AvgIpc) is 3.08. The van der Waals surface area contributed by atoms with Gasteiger partial charge >= 0.3 is 12.0 Å². The van der Waals surface area contributed by atoms with Crippen LogP contribution in [0.15, 0.2) is 12.1 Å². The third-order valence-corrected chi connectivity index (χ3v) is 5.40. The van der Waals surface area contributed by atoms with Gasteiger partial charge in [0.05, 0.1) is 21.6 Å². The number of hydrogen-bond donors (Lipinski definition) is 2. The monoisotopic (exact) mass is 351 g/mol. The minimum absolute atomic E-state index is 0.0192. The molecule has 0 bridgehead atoms. The molecule has 2 amide bonds. The summed E-state index contributed by atoms with van der Waals surface area (Å²) in [5, 5.41) is 22.9. The molecule has 1 heterocycles. The summed E-state index contributed by atoms with van der Waals surface area (Å²) in [5.41, 5.74) is -1.46. The summed E-state index contributed by atoms with van der Waals surface area (Å²) >= 11 is 0. The predicted octanol–water partition coefficient (Wildman–Crippen LogP) is 2.76. The lowest BCUT2D eigenvalue weighted by Crippen LogP contribution is -2.39. The molecular formula is C16H18FN3O5. The molecule has 2 fully saturated rings. The minimum atomic E-state index is -0.937. The van der Waals surface area contributed by atoms with Crippen molar-refractivity contribution in [3.63, 3.8) is 0 Å². The topological polar surface area (TPSA) is 113 Å². The van der Waals surface area contributed by atoms with Gasteiger partial charge in [-0.2, -0.15) is 0 Å². The van der Waals surface area contributed by atoms with Gasteiger partial charge in [0.2, 0.25) is 0 Å². The number of amides is 2. The molecule has 134 valence electrons. The van der Waals surface area contributed by atoms with Gasteiger partial charge in [0.1, 0.15) is 5.82 Å². The molecule has 1 aromatic carbocycles. The van der Waals surface area contributed by atoms with Crippen molar-refractivity contribution >= 4 is 23.4 Å². The smallest absolute Gasteiger partial charge is 0.321 e. The summed E-state index contributed by atoms with van der Waals surface area (Å²) in [6.45, 7) is 1.70. The number of hydrogen-bond acceptors (Lipinski definition) is 4. The van der Waals surface area contributed by atoms with E-state index in [1.807, 2.05) is 0 Å². The summed E-state index contributed by atoms with van der Waals surface area (Å²) < 4.78 is 14.0. The lowest BCUT2D eigenvalue weighted by Gasteiger charge is -2.23. The van der Waals surface area contributed by atoms with Crippen LogP contribution in [-0.2, 0) is 4.79 Å². The van der Waals surface area contributed by atoms with E-state index < -0.39 is 28.2 Å². The van der Waals surface area contributed by atoms with Crippen molar-refractivity contribution in [1.82, 2.24) is 4.90 Å². The highest BCUT2D eigenvalue weighted by molar-refractivity contribution is 5.92. The second kappa shape index (κ2) is 5.98. The van der Waals surface area contributed by atoms with Crippen molar-refractivity contribution in [2.75, 3.05) is 18.4 Å². The molecule has 8 nitrogen and oxygen atoms in total. The molecule has 0 unspecified atom stereocenters. The standard InChI is InChI=1S/C16H18FN3O5/c1-9-12(20(24)25)5-4-11(17)13(9)18-15(23)19-7-10-3-2-6-16(10,8-19)14(21)22/h4-5,10H,2-3,6-8H2,1H3,(H,18,23)(H,21,22)/t10-,16+/m0/s1. The summed E-state index contributed by atoms with van der Waals surface area (Å²) in [4.78, 5) is 35.8. The van der Waals surface area contributed by atoms with Gasteiger partial charge < -0.3 is 15.3 Å². The van der Waals surface area contributed by atoms with E-state index in [4.69, 9.17) is 0 Å². The highest BCUT2D eigenvalue weighted by atomic mass is 19.1. The van der Waals surface area contributed by atoms with E-state index in [9.17, 15) is 29.2 Å². The number of carboxylic acid groups (broad SMARTS) is 1. The SMILES string of the molecule is Cc1c([N+](=O)[O-])ccc(F)c1NC(=O)N1C[C@@H]2CCC[C@@]2(C(=O)O)C1. The Morgan fingerprint density at radius 1 is 1.48 bits per heavy atom. The first-order valence-electron chi connectivity index (χ1n) is 7.99. The van der Waals surface area contributed by atoms with Crippen LogP contribution in [0.25, 0.3) is 0 Å². The van der Waals surface area contributed by atoms with Crippen LogP contribution >= 0.6 is 0 Å². The van der Waals surface area contributed by atoms with Gasteiger partial charge in [-0.15, -0.1) is 0 Å². The van der Waals surface area contributed by atoms with Crippen LogP contribution in [-0.4, -0.2) is 40.0 Å². The Hall–Kier alpha value is -2.71. The van der Waals surface area contributed by atoms with Gasteiger partial charge in [0.25, 0.3) is 5.69 Å². The van der Waals surface area contributed by atoms with Crippen LogP contribution < -0.4 is 5.32 Å². The molecule has 1 aliphatic heterocycles. The van der Waals surface area contributed by atoms with Gasteiger partial charge in [-0.25, -0.2) is 9.18 Å². The van der Waals surface area contributed by atoms with Gasteiger partial charge in [0.15, 0.2) is 0 Å². The van der Waals surface area contributed by atoms with Crippen LogP contribution in [0.2, 0.25) is 0 Å². The number of nitrogens with one attached hydrogen (secondary N) is 1. The Bertz CT molecular complexity index is 768. The second-order valence-electron chi connectivity index (χ2n) is 6.68. The average molecular weight is 351 g/mol. The number of nitro benzene ring substituents is 1. The lowest BCUT2D eigenvalue weighted by atomic mass is 9.81. The first kappa shape index (κ1) is 17.1. The first-order valence-corrected chi connectivity index (χ1v) is 7.99. The molecule has 2 aliphatic rings. The predicted molar refractivity (Wildman–Crippen MR) is 85.8 cm³/mol. The number of rotatable bonds is 3. The fraction of sp³-hybridized carbons (Fsp3) is 0.500. The Morgan fingerprint density at radius 2 is 2.20 bits per heavy atom. The number of carboxylic acids is 1. The van der Waals surface area contributed by atoms with E-state index in [1.165, 1.54) is 11.8 Å². The Morgan fingerprint density at radius 3 is 2.80 bits per heavy atom. The van der Waals surface area contributed by atoms with Crippen molar-refractivity contribution in [3.8, 4) is 0 Å². The normalized spacial score (nSPS) is 24.9. The molecule has 1 saturated heterocycles. The maximum absolute atomic E-state index is 14.0. The molecule has 0 aromatic heterocycles. The number of anilines is 1. The zero-order valence-corrected chi connectivity index (χ0v) is 13.6. The summed E-state index contributed by atoms with van der Waals surface area (Å²) in [7, 11) is 0. The van der Waals surface area contributed by atoms with Crippen molar-refractivity contribution in [2.45, 2.75) is 26.2 Å². The number of urea groups is 1. The highest BCUT2D eigenvalue weighted by Gasteiger charge is 2.55. The van der Waals surface area contributed by atoms with Gasteiger partial charge in [-0.3, -0.25) is 14.9 Å². The highest BCUT2D eigenvalue weighted by Crippen LogP contribution is 2.49. The third-order valence-electron chi connectivity index (χ3n) is 5.40. The molecular weight excluding hydrogens is 333 g/mol. The zero-order chi connectivity index (χ0) is 18.4. The van der Waals surface area contributed by atoms with Crippen LogP contribution in [0.1, 0.15) is 24.8 Å². The number of carbonyl (C=O) groups is 2. The number of nitrogens with zero attached hydrogens (tertiary/aromatic N) is 2. The zero-order valence-electron chi connectivity index (χ0n) is 13.6. The molecule has 3 rings (SSSR count). The molecule has 2 N–H and O–H groups in total. The molecule has 0 spiro atoms. The maximum Gasteiger partial charge on any atom is 0.321 e. The summed E-state index contributed by atoms with van der Waals surface area (Å²) in [5.74, 6) is -1.81. The van der Waals surface area contributed by atoms with Gasteiger partial charge in [0, 0.05) is 19.2 Å². The fourth-order valence-corrected chi connectivity index (χ4v) is 4.00. The number of fused-ring (bicyclic) bond motifs is 1. The third kappa shape index (κ3) is 2.69. The van der Waals surface area contributed by atoms with E-state index >= 15 is 0 Å². The van der Waals surface area contributed by atoms with Gasteiger partial charge in [-0.05, 0) is 31.7 Å². The van der Waals surface area contributed by atoms with E-state index in [1.54, 1.807) is 0 Å². The summed E-state index contributed by atoms with van der Waals surface area (Å²) in [6.07, 6.45) is 2.06. The molecule has 25 heavy (non-hydrogen) atoms. The van der Waals surface area contributed by atoms with Crippen LogP contribution in [0.5, 0.6) is 0 Å². The number of nitro groups is 1. The van der Waals surface area contributed by atoms with Crippen molar-refractivity contribution in [2.24, 2.45) is 11.3 Å². The molecule has 1 saturated carbocycles. The van der Waals surface area contributed by atoms with E-state index in [0.717, 1.165) is 25.0 Å². The van der Waals surface area contributed by atoms with Crippen LogP contribution in [0, 0.1) is 34.2 Å². The molecule has 2 atom stereocenters. The number of carbonyl (C=O) groups excluding carboxylic acids is 1. The quantitative estimate of drug-likeness (QED) is 0.642. The van der Waals surface area contributed by atoms with Crippen LogP contribution in [0.4, 0.5) is 20.6 Å². The van der Waals surface area contributed by atoms with Crippen molar-refractivity contribution < 1.29 is 24.0 Å². The van der Waals surface area contributed by atoms with Crippen molar-refractivity contribution in [1.29, 1.82) is 0 Å². The second-order valence-corrected chi connectivity index (χ2v) is 6.68. The molecule has 1 aromatic rings. The minimum Gasteiger partial charge on any atom is -0.481 e. The van der Waals surface area contributed by atoms with E-state index in [-0.39, 0.29) is 35.9 Å². The Labute approximate surface area is 142 Å². The lowest BCUT2D eigenvalue weighted by molar-refractivity contribution is -0.385. The van der Waals surface area contributed by atoms with Crippen LogP contribution in [0.3, 0.4) is 0 Å².